The fourth-order valence-corrected chi connectivity index (χ4v) is 3.84. The van der Waals surface area contributed by atoms with E-state index in [0.717, 1.165) is 37.3 Å². The Morgan fingerprint density at radius 2 is 1.67 bits per heavy atom. The third-order valence-electron chi connectivity index (χ3n) is 5.96. The number of carbonyl (C=O) groups excluding carboxylic acids is 3. The minimum Gasteiger partial charge on any atom is -0.372 e. The monoisotopic (exact) mass is 595 g/mol. The Hall–Kier alpha value is -4.19. The van der Waals surface area contributed by atoms with Crippen LogP contribution in [0.1, 0.15) is 70.4 Å². The number of nitrogens with one attached hydrogen (secondary N) is 1. The summed E-state index contributed by atoms with van der Waals surface area (Å²) in [6.07, 6.45) is 11.9. The van der Waals surface area contributed by atoms with Gasteiger partial charge in [0.15, 0.2) is 5.91 Å². The molecule has 0 fully saturated rings. The summed E-state index contributed by atoms with van der Waals surface area (Å²) in [5.41, 5.74) is 0.885. The van der Waals surface area contributed by atoms with E-state index < -0.39 is 4.92 Å². The normalized spacial score (nSPS) is 10.1. The number of hydrogen-bond donors (Lipinski definition) is 1. The number of hydrogen-bond acceptors (Lipinski definition) is 10. The average Bonchev–Trinajstić information content (AvgIpc) is 2.98. The third-order valence-corrected chi connectivity index (χ3v) is 5.96. The van der Waals surface area contributed by atoms with Crippen LogP contribution >= 0.6 is 0 Å². The summed E-state index contributed by atoms with van der Waals surface area (Å²) in [6.45, 7) is 7.76. The molecule has 0 aliphatic rings. The summed E-state index contributed by atoms with van der Waals surface area (Å²) in [6, 6.07) is 11.1. The van der Waals surface area contributed by atoms with Crippen molar-refractivity contribution < 1.29 is 48.9 Å². The van der Waals surface area contributed by atoms with Crippen molar-refractivity contribution in [3.05, 3.63) is 70.1 Å². The number of rotatable bonds is 15. The molecule has 0 atom stereocenters. The molecule has 0 spiro atoms. The molecule has 43 heavy (non-hydrogen) atoms. The molecule has 2 aromatic carbocycles. The van der Waals surface area contributed by atoms with E-state index in [1.807, 2.05) is 38.5 Å². The first-order valence-corrected chi connectivity index (χ1v) is 13.5. The van der Waals surface area contributed by atoms with Crippen LogP contribution in [0.25, 0.3) is 0 Å². The average molecular weight is 596 g/mol. The Morgan fingerprint density at radius 1 is 1.05 bits per heavy atom. The van der Waals surface area contributed by atoms with Crippen molar-refractivity contribution in [1.29, 1.82) is 10.5 Å². The number of carbonyl (C=O) groups is 1. The van der Waals surface area contributed by atoms with Crippen molar-refractivity contribution in [3.8, 4) is 12.1 Å². The van der Waals surface area contributed by atoms with E-state index in [4.69, 9.17) is 9.59 Å². The van der Waals surface area contributed by atoms with Gasteiger partial charge in [-0.05, 0) is 44.9 Å². The minimum atomic E-state index is -0.679. The number of unbranched alkanes of at least 4 members (excludes halogenated alkanes) is 4. The zero-order valence-electron chi connectivity index (χ0n) is 25.0. The van der Waals surface area contributed by atoms with Crippen LogP contribution in [-0.4, -0.2) is 30.1 Å². The number of nitrogens with zero attached hydrogens (tertiary/aromatic N) is 6. The molecule has 0 heterocycles. The maximum atomic E-state index is 12.7. The van der Waals surface area contributed by atoms with Gasteiger partial charge in [-0.25, -0.2) is 0 Å². The number of nitriles is 2. The summed E-state index contributed by atoms with van der Waals surface area (Å²) in [5.74, 6) is -0.215. The Balaban J connectivity index is 0.00000422. The molecule has 2 aromatic rings. The van der Waals surface area contributed by atoms with Crippen molar-refractivity contribution in [2.45, 2.75) is 59.3 Å². The van der Waals surface area contributed by atoms with Crippen molar-refractivity contribution in [2.75, 3.05) is 23.3 Å². The summed E-state index contributed by atoms with van der Waals surface area (Å²) in [5, 5.41) is 41.3. The van der Waals surface area contributed by atoms with Gasteiger partial charge in [0.05, 0.1) is 21.7 Å². The molecule has 0 unspecified atom stereocenters. The van der Waals surface area contributed by atoms with E-state index in [-0.39, 0.29) is 70.5 Å². The number of azo groups is 1. The first kappa shape index (κ1) is 38.8. The van der Waals surface area contributed by atoms with Crippen LogP contribution in [0.4, 0.5) is 28.4 Å². The maximum Gasteiger partial charge on any atom is 1.00 e. The zero-order chi connectivity index (χ0) is 31.3. The molecule has 0 bridgehead atoms. The second-order valence-corrected chi connectivity index (χ2v) is 8.77. The second-order valence-electron chi connectivity index (χ2n) is 8.77. The van der Waals surface area contributed by atoms with Crippen LogP contribution < -0.4 is 39.8 Å². The van der Waals surface area contributed by atoms with E-state index >= 15 is 0 Å². The standard InChI is InChI=1S/C29H34N7O3.CO2.Na/c1-4-7-8-9-10-11-12-13-14-28(37)32-27-19-24(35(5-2)6-3)15-16-26(27)33-34-29-22(20-30)17-25(36(38)39)18-23(29)21-31;2-1-3;/h10-11,13,15-19H,4-9,12,14H2,1-3H3,(H,32,37);;/q-1;;+1/b11-10+,34-33?;;. The largest absolute Gasteiger partial charge is 1.00 e. The summed E-state index contributed by atoms with van der Waals surface area (Å²) in [4.78, 5) is 41.6. The van der Waals surface area contributed by atoms with Crippen molar-refractivity contribution in [3.63, 3.8) is 0 Å². The molecule has 0 saturated carbocycles. The molecule has 12 nitrogen and oxygen atoms in total. The number of nitro groups is 1. The van der Waals surface area contributed by atoms with Crippen LogP contribution in [0, 0.1) is 39.2 Å². The topological polar surface area (TPSA) is 182 Å². The molecule has 1 amide bonds. The van der Waals surface area contributed by atoms with Crippen LogP contribution in [-0.2, 0) is 14.4 Å². The van der Waals surface area contributed by atoms with Crippen LogP contribution in [0.2, 0.25) is 0 Å². The molecular formula is C30H34N7NaO5. The smallest absolute Gasteiger partial charge is 0.372 e. The van der Waals surface area contributed by atoms with Gasteiger partial charge in [0.25, 0.3) is 5.69 Å². The fraction of sp³-hybridized carbons (Fsp3) is 0.367. The molecular weight excluding hydrogens is 561 g/mol. The van der Waals surface area contributed by atoms with Gasteiger partial charge in [0.2, 0.25) is 0 Å². The molecule has 0 aliphatic heterocycles. The third kappa shape index (κ3) is 13.6. The Labute approximate surface area is 273 Å². The van der Waals surface area contributed by atoms with Crippen LogP contribution in [0.5, 0.6) is 0 Å². The Kier molecular flexibility index (Phi) is 20.2. The quantitative estimate of drug-likeness (QED) is 0.0607. The van der Waals surface area contributed by atoms with Gasteiger partial charge >= 0.3 is 35.7 Å². The maximum absolute atomic E-state index is 12.7. The minimum absolute atomic E-state index is 0. The number of nitro benzene ring substituents is 1. The van der Waals surface area contributed by atoms with Crippen molar-refractivity contribution in [2.24, 2.45) is 10.2 Å². The van der Waals surface area contributed by atoms with E-state index in [9.17, 15) is 25.4 Å². The first-order valence-electron chi connectivity index (χ1n) is 13.5. The van der Waals surface area contributed by atoms with Crippen molar-refractivity contribution >= 4 is 40.5 Å². The Morgan fingerprint density at radius 3 is 2.21 bits per heavy atom. The van der Waals surface area contributed by atoms with E-state index in [2.05, 4.69) is 39.5 Å². The van der Waals surface area contributed by atoms with Crippen LogP contribution in [0.15, 0.2) is 52.7 Å². The van der Waals surface area contributed by atoms with Gasteiger partial charge in [-0.2, -0.15) is 26.5 Å². The molecule has 220 valence electrons. The van der Waals surface area contributed by atoms with E-state index in [1.165, 1.54) is 19.3 Å². The number of anilines is 2. The fourth-order valence-electron chi connectivity index (χ4n) is 3.84. The van der Waals surface area contributed by atoms with Crippen LogP contribution in [0.3, 0.4) is 0 Å². The number of allylic oxidation sites excluding steroid dienone is 2. The predicted octanol–water partition coefficient (Wildman–Crippen LogP) is 4.08. The molecule has 0 aliphatic carbocycles. The van der Waals surface area contributed by atoms with E-state index in [1.54, 1.807) is 12.1 Å². The summed E-state index contributed by atoms with van der Waals surface area (Å²) >= 11 is 0. The Bertz CT molecular complexity index is 1350. The van der Waals surface area contributed by atoms with Gasteiger partial charge < -0.3 is 16.6 Å². The molecule has 0 saturated heterocycles. The summed E-state index contributed by atoms with van der Waals surface area (Å²) < 4.78 is 0. The second kappa shape index (κ2) is 22.4. The van der Waals surface area contributed by atoms with Gasteiger partial charge in [-0.1, -0.05) is 32.3 Å². The van der Waals surface area contributed by atoms with Gasteiger partial charge in [0, 0.05) is 30.9 Å². The molecule has 2 rings (SSSR count). The first-order chi connectivity index (χ1) is 20.3. The number of benzene rings is 2. The molecule has 0 aromatic heterocycles. The number of non-ortho nitro benzene ring substituents is 1. The van der Waals surface area contributed by atoms with E-state index in [0.29, 0.717) is 17.8 Å². The predicted molar refractivity (Wildman–Crippen MR) is 157 cm³/mol. The molecule has 1 N–H and O–H groups in total. The zero-order valence-corrected chi connectivity index (χ0v) is 27.0. The van der Waals surface area contributed by atoms with Gasteiger partial charge in [-0.3, -0.25) is 14.9 Å². The van der Waals surface area contributed by atoms with Gasteiger partial charge in [0.1, 0.15) is 23.5 Å². The molecule has 0 radical (unpaired) electrons. The molecule has 13 heteroatoms. The van der Waals surface area contributed by atoms with Crippen molar-refractivity contribution in [1.82, 2.24) is 0 Å². The summed E-state index contributed by atoms with van der Waals surface area (Å²) in [7, 11) is 0. The SMILES string of the molecule is CCCCC/C=C/C[CH-]CC(=O)Nc1cc(N(CC)CC)ccc1N=Nc1c(C#N)cc([N+](=O)[O-])cc1C#N.O=C=O.[Na+]. The van der Waals surface area contributed by atoms with Gasteiger partial charge in [-0.15, -0.1) is 16.3 Å². The number of amides is 1.